The standard InChI is InChI=1S/C24H34O5S/c1-5-6-7-8-17-12-21(25)22(20-11-16(4)9-10-19(20)15(2)3)23(26)24(17)30(27,28)18-13-29-14-18/h11-12,18-20,25-26H,2,5-10,13-14H2,1,3-4H3. The molecule has 1 aromatic rings. The van der Waals surface area contributed by atoms with Crippen LogP contribution in [0, 0.1) is 5.92 Å². The SMILES string of the molecule is C=C(C)C1CCC(C)=CC1c1c(O)cc(CCCCC)c(S(=O)(=O)C2COC2)c1O. The van der Waals surface area contributed by atoms with Gasteiger partial charge in [-0.05, 0) is 57.1 Å². The number of hydrogen-bond donors (Lipinski definition) is 2. The van der Waals surface area contributed by atoms with Crippen molar-refractivity contribution in [3.63, 3.8) is 0 Å². The largest absolute Gasteiger partial charge is 0.507 e. The molecule has 2 unspecified atom stereocenters. The van der Waals surface area contributed by atoms with Gasteiger partial charge in [0.05, 0.1) is 13.2 Å². The first-order valence-corrected chi connectivity index (χ1v) is 12.4. The highest BCUT2D eigenvalue weighted by atomic mass is 32.2. The van der Waals surface area contributed by atoms with Crippen molar-refractivity contribution >= 4 is 9.84 Å². The van der Waals surface area contributed by atoms with Crippen LogP contribution in [0.15, 0.2) is 34.8 Å². The van der Waals surface area contributed by atoms with E-state index in [0.717, 1.165) is 37.7 Å². The summed E-state index contributed by atoms with van der Waals surface area (Å²) in [7, 11) is -3.76. The van der Waals surface area contributed by atoms with Crippen molar-refractivity contribution in [2.75, 3.05) is 13.2 Å². The van der Waals surface area contributed by atoms with Crippen molar-refractivity contribution in [2.24, 2.45) is 5.92 Å². The summed E-state index contributed by atoms with van der Waals surface area (Å²) in [4.78, 5) is -0.0169. The number of phenolic OH excluding ortho intramolecular Hbond substituents is 2. The maximum Gasteiger partial charge on any atom is 0.189 e. The van der Waals surface area contributed by atoms with Crippen LogP contribution in [0.5, 0.6) is 11.5 Å². The molecule has 2 aliphatic rings. The molecule has 1 aliphatic carbocycles. The van der Waals surface area contributed by atoms with Crippen molar-refractivity contribution < 1.29 is 23.4 Å². The van der Waals surface area contributed by atoms with Gasteiger partial charge in [-0.15, -0.1) is 0 Å². The Kier molecular flexibility index (Phi) is 6.98. The smallest absolute Gasteiger partial charge is 0.189 e. The molecule has 2 atom stereocenters. The van der Waals surface area contributed by atoms with Gasteiger partial charge in [0.15, 0.2) is 9.84 Å². The van der Waals surface area contributed by atoms with E-state index < -0.39 is 15.1 Å². The molecule has 5 nitrogen and oxygen atoms in total. The molecule has 2 N–H and O–H groups in total. The lowest BCUT2D eigenvalue weighted by Crippen LogP contribution is -2.41. The Bertz CT molecular complexity index is 941. The minimum Gasteiger partial charge on any atom is -0.507 e. The molecule has 0 spiro atoms. The Hall–Kier alpha value is -1.79. The third-order valence-corrected chi connectivity index (χ3v) is 8.62. The van der Waals surface area contributed by atoms with E-state index >= 15 is 0 Å². The van der Waals surface area contributed by atoms with Gasteiger partial charge in [-0.25, -0.2) is 8.42 Å². The van der Waals surface area contributed by atoms with Crippen LogP contribution in [0.1, 0.15) is 69.9 Å². The van der Waals surface area contributed by atoms with Crippen molar-refractivity contribution in [3.05, 3.63) is 41.0 Å². The van der Waals surface area contributed by atoms with Crippen LogP contribution >= 0.6 is 0 Å². The van der Waals surface area contributed by atoms with Gasteiger partial charge in [0.2, 0.25) is 0 Å². The normalized spacial score (nSPS) is 22.4. The second-order valence-electron chi connectivity index (χ2n) is 8.84. The van der Waals surface area contributed by atoms with E-state index in [0.29, 0.717) is 17.5 Å². The first-order chi connectivity index (χ1) is 14.2. The lowest BCUT2D eigenvalue weighted by molar-refractivity contribution is 0.0415. The van der Waals surface area contributed by atoms with E-state index in [1.54, 1.807) is 6.07 Å². The fraction of sp³-hybridized carbons (Fsp3) is 0.583. The zero-order valence-electron chi connectivity index (χ0n) is 18.3. The molecule has 3 rings (SSSR count). The van der Waals surface area contributed by atoms with Gasteiger partial charge in [0, 0.05) is 11.5 Å². The maximum atomic E-state index is 13.4. The van der Waals surface area contributed by atoms with E-state index in [1.165, 1.54) is 5.57 Å². The third kappa shape index (κ3) is 4.30. The number of rotatable bonds is 8. The quantitative estimate of drug-likeness (QED) is 0.443. The van der Waals surface area contributed by atoms with Crippen molar-refractivity contribution in [3.8, 4) is 11.5 Å². The van der Waals surface area contributed by atoms with Crippen LogP contribution in [0.25, 0.3) is 0 Å². The summed E-state index contributed by atoms with van der Waals surface area (Å²) >= 11 is 0. The van der Waals surface area contributed by atoms with Crippen LogP contribution < -0.4 is 0 Å². The molecule has 0 bridgehead atoms. The molecule has 0 radical (unpaired) electrons. The van der Waals surface area contributed by atoms with E-state index in [1.807, 2.05) is 19.9 Å². The fourth-order valence-electron chi connectivity index (χ4n) is 4.57. The van der Waals surface area contributed by atoms with Gasteiger partial charge in [0.25, 0.3) is 0 Å². The molecule has 166 valence electrons. The van der Waals surface area contributed by atoms with Crippen molar-refractivity contribution in [1.29, 1.82) is 0 Å². The maximum absolute atomic E-state index is 13.4. The lowest BCUT2D eigenvalue weighted by Gasteiger charge is -2.33. The predicted molar refractivity (Wildman–Crippen MR) is 119 cm³/mol. The number of hydrogen-bond acceptors (Lipinski definition) is 5. The average molecular weight is 435 g/mol. The minimum absolute atomic E-state index is 0.0169. The summed E-state index contributed by atoms with van der Waals surface area (Å²) in [5.41, 5.74) is 2.93. The number of aryl methyl sites for hydroxylation is 1. The molecule has 0 amide bonds. The van der Waals surface area contributed by atoms with Gasteiger partial charge < -0.3 is 14.9 Å². The van der Waals surface area contributed by atoms with Crippen LogP contribution in [0.3, 0.4) is 0 Å². The van der Waals surface area contributed by atoms with Crippen LogP contribution in [0.4, 0.5) is 0 Å². The van der Waals surface area contributed by atoms with Gasteiger partial charge in [-0.3, -0.25) is 0 Å². The molecule has 0 aromatic heterocycles. The number of benzene rings is 1. The zero-order chi connectivity index (χ0) is 22.1. The van der Waals surface area contributed by atoms with Gasteiger partial charge in [0.1, 0.15) is 21.6 Å². The molecule has 1 heterocycles. The molecule has 0 saturated carbocycles. The molecular formula is C24H34O5S. The number of aromatic hydroxyl groups is 2. The Balaban J connectivity index is 2.18. The Morgan fingerprint density at radius 3 is 2.53 bits per heavy atom. The number of allylic oxidation sites excluding steroid dienone is 3. The molecular weight excluding hydrogens is 400 g/mol. The second kappa shape index (κ2) is 9.15. The van der Waals surface area contributed by atoms with Gasteiger partial charge in [-0.1, -0.05) is 43.6 Å². The Morgan fingerprint density at radius 2 is 1.97 bits per heavy atom. The fourth-order valence-corrected chi connectivity index (χ4v) is 6.36. The summed E-state index contributed by atoms with van der Waals surface area (Å²) in [6.07, 6.45) is 7.08. The number of sulfone groups is 1. The monoisotopic (exact) mass is 434 g/mol. The van der Waals surface area contributed by atoms with Crippen molar-refractivity contribution in [2.45, 2.75) is 75.4 Å². The van der Waals surface area contributed by atoms with Crippen LogP contribution in [-0.2, 0) is 21.0 Å². The van der Waals surface area contributed by atoms with Gasteiger partial charge in [-0.2, -0.15) is 0 Å². The predicted octanol–water partition coefficient (Wildman–Crippen LogP) is 5.02. The van der Waals surface area contributed by atoms with Gasteiger partial charge >= 0.3 is 0 Å². The Morgan fingerprint density at radius 1 is 1.27 bits per heavy atom. The summed E-state index contributed by atoms with van der Waals surface area (Å²) < 4.78 is 31.8. The number of unbranched alkanes of at least 4 members (excludes halogenated alkanes) is 2. The first-order valence-electron chi connectivity index (χ1n) is 10.9. The van der Waals surface area contributed by atoms with E-state index in [4.69, 9.17) is 4.74 Å². The number of ether oxygens (including phenoxy) is 1. The van der Waals surface area contributed by atoms with E-state index in [-0.39, 0.29) is 41.4 Å². The highest BCUT2D eigenvalue weighted by Crippen LogP contribution is 2.49. The van der Waals surface area contributed by atoms with Crippen LogP contribution in [-0.4, -0.2) is 37.1 Å². The molecule has 1 fully saturated rings. The van der Waals surface area contributed by atoms with E-state index in [9.17, 15) is 18.6 Å². The summed E-state index contributed by atoms with van der Waals surface area (Å²) in [6.45, 7) is 10.4. The average Bonchev–Trinajstić information content (AvgIpc) is 2.59. The van der Waals surface area contributed by atoms with E-state index in [2.05, 4.69) is 13.5 Å². The molecule has 1 aliphatic heterocycles. The topological polar surface area (TPSA) is 83.8 Å². The second-order valence-corrected chi connectivity index (χ2v) is 11.0. The molecule has 1 saturated heterocycles. The first kappa shape index (κ1) is 22.9. The van der Waals surface area contributed by atoms with Crippen molar-refractivity contribution in [1.82, 2.24) is 0 Å². The number of phenols is 2. The summed E-state index contributed by atoms with van der Waals surface area (Å²) in [5.74, 6) is -0.591. The molecule has 6 heteroatoms. The van der Waals surface area contributed by atoms with Crippen LogP contribution in [0.2, 0.25) is 0 Å². The zero-order valence-corrected chi connectivity index (χ0v) is 19.1. The third-order valence-electron chi connectivity index (χ3n) is 6.44. The molecule has 1 aromatic carbocycles. The summed E-state index contributed by atoms with van der Waals surface area (Å²) in [5, 5.41) is 21.6. The summed E-state index contributed by atoms with van der Waals surface area (Å²) in [6, 6.07) is 1.56. The highest BCUT2D eigenvalue weighted by Gasteiger charge is 2.40. The minimum atomic E-state index is -3.76. The molecule has 30 heavy (non-hydrogen) atoms. The lowest BCUT2D eigenvalue weighted by atomic mass is 9.73. The highest BCUT2D eigenvalue weighted by molar-refractivity contribution is 7.92. The Labute approximate surface area is 180 Å².